The van der Waals surface area contributed by atoms with E-state index >= 15 is 0 Å². The summed E-state index contributed by atoms with van der Waals surface area (Å²) in [5, 5.41) is 12.2. The van der Waals surface area contributed by atoms with E-state index in [4.69, 9.17) is 5.73 Å². The molecule has 0 saturated heterocycles. The molecule has 132 valence electrons. The molecular formula is C22H33NO. The van der Waals surface area contributed by atoms with Gasteiger partial charge in [0.05, 0.1) is 5.60 Å². The molecule has 24 heavy (non-hydrogen) atoms. The lowest BCUT2D eigenvalue weighted by molar-refractivity contribution is -0.0983. The second-order valence-corrected chi connectivity index (χ2v) is 8.51. The molecule has 2 heteroatoms. The summed E-state index contributed by atoms with van der Waals surface area (Å²) < 4.78 is 0. The van der Waals surface area contributed by atoms with E-state index in [2.05, 4.69) is 12.1 Å². The molecule has 0 spiro atoms. The van der Waals surface area contributed by atoms with Gasteiger partial charge in [-0.25, -0.2) is 0 Å². The molecule has 1 aromatic rings. The summed E-state index contributed by atoms with van der Waals surface area (Å²) in [6.07, 6.45) is 15.9. The van der Waals surface area contributed by atoms with Crippen molar-refractivity contribution in [2.45, 2.75) is 89.1 Å². The van der Waals surface area contributed by atoms with Gasteiger partial charge in [-0.1, -0.05) is 50.7 Å². The van der Waals surface area contributed by atoms with Gasteiger partial charge in [0.15, 0.2) is 0 Å². The zero-order valence-electron chi connectivity index (χ0n) is 15.0. The number of hydrogen-bond donors (Lipinski definition) is 2. The lowest BCUT2D eigenvalue weighted by atomic mass is 9.63. The Morgan fingerprint density at radius 1 is 0.792 bits per heavy atom. The third-order valence-corrected chi connectivity index (χ3v) is 7.21. The molecule has 3 aliphatic rings. The summed E-state index contributed by atoms with van der Waals surface area (Å²) >= 11 is 0. The van der Waals surface area contributed by atoms with Crippen LogP contribution < -0.4 is 5.73 Å². The van der Waals surface area contributed by atoms with E-state index in [0.717, 1.165) is 24.1 Å². The summed E-state index contributed by atoms with van der Waals surface area (Å²) in [6.45, 7) is 0. The van der Waals surface area contributed by atoms with Crippen LogP contribution in [-0.2, 0) is 18.4 Å². The Morgan fingerprint density at radius 2 is 1.38 bits per heavy atom. The number of aliphatic hydroxyl groups is 1. The number of fused-ring (bicyclic) bond motifs is 1. The molecule has 0 heterocycles. The number of nitrogen functional groups attached to an aromatic ring is 1. The maximum absolute atomic E-state index is 12.2. The Morgan fingerprint density at radius 3 is 1.96 bits per heavy atom. The van der Waals surface area contributed by atoms with Gasteiger partial charge >= 0.3 is 0 Å². The summed E-state index contributed by atoms with van der Waals surface area (Å²) in [6, 6.07) is 4.47. The second kappa shape index (κ2) is 6.71. The first kappa shape index (κ1) is 16.4. The van der Waals surface area contributed by atoms with Crippen molar-refractivity contribution < 1.29 is 5.11 Å². The fraction of sp³-hybridized carbons (Fsp3) is 0.727. The predicted octanol–water partition coefficient (Wildman–Crippen LogP) is 5.11. The van der Waals surface area contributed by atoms with Crippen LogP contribution in [0.3, 0.4) is 0 Å². The average Bonchev–Trinajstić information content (AvgIpc) is 3.13. The van der Waals surface area contributed by atoms with Crippen molar-refractivity contribution in [3.63, 3.8) is 0 Å². The third-order valence-electron chi connectivity index (χ3n) is 7.21. The van der Waals surface area contributed by atoms with Crippen LogP contribution in [0.15, 0.2) is 12.1 Å². The van der Waals surface area contributed by atoms with Crippen LogP contribution in [0.1, 0.15) is 87.3 Å². The average molecular weight is 328 g/mol. The minimum absolute atomic E-state index is 0.399. The Bertz CT molecular complexity index is 564. The second-order valence-electron chi connectivity index (χ2n) is 8.51. The SMILES string of the molecule is Nc1c(C(O)(C2CCCCC2)C2CCCCC2)ccc2c1CCC2. The van der Waals surface area contributed by atoms with Crippen LogP contribution in [0.2, 0.25) is 0 Å². The summed E-state index contributed by atoms with van der Waals surface area (Å²) in [4.78, 5) is 0. The Kier molecular flexibility index (Phi) is 4.60. The fourth-order valence-corrected chi connectivity index (χ4v) is 5.90. The minimum atomic E-state index is -0.692. The van der Waals surface area contributed by atoms with Gasteiger partial charge in [0, 0.05) is 11.3 Å². The lowest BCUT2D eigenvalue weighted by Crippen LogP contribution is -2.45. The molecule has 0 aromatic heterocycles. The number of hydrogen-bond acceptors (Lipinski definition) is 2. The van der Waals surface area contributed by atoms with E-state index in [-0.39, 0.29) is 0 Å². The van der Waals surface area contributed by atoms with Crippen LogP contribution in [0.25, 0.3) is 0 Å². The maximum Gasteiger partial charge on any atom is 0.0972 e. The van der Waals surface area contributed by atoms with Gasteiger partial charge in [0.25, 0.3) is 0 Å². The van der Waals surface area contributed by atoms with E-state index in [0.29, 0.717) is 11.8 Å². The van der Waals surface area contributed by atoms with E-state index in [1.807, 2.05) is 0 Å². The highest BCUT2D eigenvalue weighted by Gasteiger charge is 2.46. The Labute approximate surface area is 146 Å². The van der Waals surface area contributed by atoms with Crippen molar-refractivity contribution in [2.24, 2.45) is 11.8 Å². The number of aryl methyl sites for hydroxylation is 1. The minimum Gasteiger partial charge on any atom is -0.398 e. The first-order chi connectivity index (χ1) is 11.7. The molecule has 0 amide bonds. The first-order valence-corrected chi connectivity index (χ1v) is 10.3. The zero-order valence-corrected chi connectivity index (χ0v) is 15.0. The largest absolute Gasteiger partial charge is 0.398 e. The van der Waals surface area contributed by atoms with E-state index in [1.165, 1.54) is 81.8 Å². The number of rotatable bonds is 3. The molecule has 0 aliphatic heterocycles. The molecule has 2 nitrogen and oxygen atoms in total. The standard InChI is InChI=1S/C22H33NO/c23-21-19-13-7-8-16(19)14-15-20(21)22(24,17-9-3-1-4-10-17)18-11-5-2-6-12-18/h14-15,17-18,24H,1-13,23H2. The van der Waals surface area contributed by atoms with Crippen LogP contribution in [0, 0.1) is 11.8 Å². The lowest BCUT2D eigenvalue weighted by Gasteiger charge is -2.46. The molecule has 1 aromatic carbocycles. The molecule has 3 N–H and O–H groups in total. The molecule has 4 rings (SSSR count). The smallest absolute Gasteiger partial charge is 0.0972 e. The summed E-state index contributed by atoms with van der Waals surface area (Å²) in [5.74, 6) is 0.798. The highest BCUT2D eigenvalue weighted by atomic mass is 16.3. The normalized spacial score (nSPS) is 23.4. The molecule has 0 atom stereocenters. The number of anilines is 1. The van der Waals surface area contributed by atoms with Gasteiger partial charge in [-0.3, -0.25) is 0 Å². The third kappa shape index (κ3) is 2.67. The molecule has 0 unspecified atom stereocenters. The number of benzene rings is 1. The number of nitrogens with two attached hydrogens (primary N) is 1. The monoisotopic (exact) mass is 327 g/mol. The van der Waals surface area contributed by atoms with Crippen molar-refractivity contribution in [1.82, 2.24) is 0 Å². The fourth-order valence-electron chi connectivity index (χ4n) is 5.90. The van der Waals surface area contributed by atoms with E-state index < -0.39 is 5.60 Å². The summed E-state index contributed by atoms with van der Waals surface area (Å²) in [7, 11) is 0. The predicted molar refractivity (Wildman–Crippen MR) is 99.9 cm³/mol. The highest BCUT2D eigenvalue weighted by Crippen LogP contribution is 2.51. The molecule has 3 aliphatic carbocycles. The summed E-state index contributed by atoms with van der Waals surface area (Å²) in [5.41, 5.74) is 10.8. The van der Waals surface area contributed by atoms with Crippen molar-refractivity contribution in [3.05, 3.63) is 28.8 Å². The molecule has 0 radical (unpaired) electrons. The van der Waals surface area contributed by atoms with Crippen molar-refractivity contribution >= 4 is 5.69 Å². The molecule has 0 bridgehead atoms. The molecular weight excluding hydrogens is 294 g/mol. The zero-order chi connectivity index (χ0) is 16.6. The quantitative estimate of drug-likeness (QED) is 0.758. The van der Waals surface area contributed by atoms with Gasteiger partial charge in [0.1, 0.15) is 0 Å². The molecule has 2 saturated carbocycles. The van der Waals surface area contributed by atoms with Crippen LogP contribution >= 0.6 is 0 Å². The topological polar surface area (TPSA) is 46.2 Å². The Balaban J connectivity index is 1.77. The van der Waals surface area contributed by atoms with E-state index in [9.17, 15) is 5.11 Å². The van der Waals surface area contributed by atoms with Gasteiger partial charge < -0.3 is 10.8 Å². The highest BCUT2D eigenvalue weighted by molar-refractivity contribution is 5.61. The van der Waals surface area contributed by atoms with Crippen molar-refractivity contribution in [1.29, 1.82) is 0 Å². The van der Waals surface area contributed by atoms with Crippen LogP contribution in [-0.4, -0.2) is 5.11 Å². The van der Waals surface area contributed by atoms with E-state index in [1.54, 1.807) is 0 Å². The van der Waals surface area contributed by atoms with Crippen molar-refractivity contribution in [3.8, 4) is 0 Å². The van der Waals surface area contributed by atoms with Gasteiger partial charge in [-0.15, -0.1) is 0 Å². The first-order valence-electron chi connectivity index (χ1n) is 10.3. The van der Waals surface area contributed by atoms with Gasteiger partial charge in [-0.2, -0.15) is 0 Å². The van der Waals surface area contributed by atoms with Crippen molar-refractivity contribution in [2.75, 3.05) is 5.73 Å². The van der Waals surface area contributed by atoms with Crippen LogP contribution in [0.5, 0.6) is 0 Å². The van der Waals surface area contributed by atoms with Gasteiger partial charge in [-0.05, 0) is 67.9 Å². The Hall–Kier alpha value is -1.02. The molecule has 2 fully saturated rings. The van der Waals surface area contributed by atoms with Crippen LogP contribution in [0.4, 0.5) is 5.69 Å². The maximum atomic E-state index is 12.2. The van der Waals surface area contributed by atoms with Gasteiger partial charge in [0.2, 0.25) is 0 Å².